The monoisotopic (exact) mass is 222 g/mol. The van der Waals surface area contributed by atoms with Gasteiger partial charge in [-0.2, -0.15) is 0 Å². The molecule has 0 saturated heterocycles. The summed E-state index contributed by atoms with van der Waals surface area (Å²) in [6.07, 6.45) is -1.20. The minimum Gasteiger partial charge on any atom is -0.496 e. The quantitative estimate of drug-likeness (QED) is 0.820. The van der Waals surface area contributed by atoms with E-state index in [1.165, 1.54) is 14.2 Å². The van der Waals surface area contributed by atoms with Crippen molar-refractivity contribution in [1.82, 2.24) is 0 Å². The van der Waals surface area contributed by atoms with E-state index in [1.54, 1.807) is 18.2 Å². The lowest BCUT2D eigenvalue weighted by Crippen LogP contribution is -2.30. The summed E-state index contributed by atoms with van der Waals surface area (Å²) >= 11 is 0. The summed E-state index contributed by atoms with van der Waals surface area (Å²) in [5.74, 6) is 0.506. The Hall–Kier alpha value is -1.39. The molecule has 16 heavy (non-hydrogen) atoms. The molecule has 0 bridgehead atoms. The standard InChI is InChI=1S/C12H14O4/c1-15-10-5-3-4-7-8(13)6-9(14)12(16-2)11(7)10/h3-5,9,12,14H,6H2,1-2H3/t9-,12+/m1/s1. The smallest absolute Gasteiger partial charge is 0.166 e. The van der Waals surface area contributed by atoms with Crippen LogP contribution in [0.3, 0.4) is 0 Å². The third kappa shape index (κ3) is 1.60. The fourth-order valence-corrected chi connectivity index (χ4v) is 2.13. The molecule has 0 radical (unpaired) electrons. The second-order valence-corrected chi connectivity index (χ2v) is 3.77. The van der Waals surface area contributed by atoms with Crippen LogP contribution in [-0.2, 0) is 4.74 Å². The molecular formula is C12H14O4. The van der Waals surface area contributed by atoms with Crippen LogP contribution >= 0.6 is 0 Å². The van der Waals surface area contributed by atoms with Crippen LogP contribution < -0.4 is 4.74 Å². The first kappa shape index (κ1) is 11.1. The molecule has 86 valence electrons. The maximum absolute atomic E-state index is 11.8. The molecule has 1 aromatic rings. The molecule has 2 atom stereocenters. The largest absolute Gasteiger partial charge is 0.496 e. The number of Topliss-reactive ketones (excluding diaryl/α,β-unsaturated/α-hetero) is 1. The van der Waals surface area contributed by atoms with Crippen LogP contribution in [0.1, 0.15) is 28.4 Å². The first-order valence-corrected chi connectivity index (χ1v) is 5.10. The Bertz CT molecular complexity index is 413. The van der Waals surface area contributed by atoms with Gasteiger partial charge in [0.2, 0.25) is 0 Å². The summed E-state index contributed by atoms with van der Waals surface area (Å²) < 4.78 is 10.4. The van der Waals surface area contributed by atoms with Gasteiger partial charge in [0, 0.05) is 24.7 Å². The van der Waals surface area contributed by atoms with Crippen molar-refractivity contribution in [1.29, 1.82) is 0 Å². The number of aliphatic hydroxyl groups excluding tert-OH is 1. The van der Waals surface area contributed by atoms with Gasteiger partial charge in [-0.1, -0.05) is 12.1 Å². The Morgan fingerprint density at radius 3 is 2.75 bits per heavy atom. The lowest BCUT2D eigenvalue weighted by Gasteiger charge is -2.29. The average molecular weight is 222 g/mol. The fraction of sp³-hybridized carbons (Fsp3) is 0.417. The minimum atomic E-state index is -0.804. The molecule has 0 spiro atoms. The molecule has 0 aliphatic heterocycles. The molecule has 4 heteroatoms. The Kier molecular flexibility index (Phi) is 2.94. The van der Waals surface area contributed by atoms with Crippen molar-refractivity contribution in [2.45, 2.75) is 18.6 Å². The summed E-state index contributed by atoms with van der Waals surface area (Å²) in [6.45, 7) is 0. The average Bonchev–Trinajstić information content (AvgIpc) is 2.29. The number of methoxy groups -OCH3 is 2. The van der Waals surface area contributed by atoms with E-state index in [9.17, 15) is 9.90 Å². The van der Waals surface area contributed by atoms with E-state index in [4.69, 9.17) is 9.47 Å². The van der Waals surface area contributed by atoms with Crippen molar-refractivity contribution in [2.75, 3.05) is 14.2 Å². The molecule has 1 N–H and O–H groups in total. The summed E-state index contributed by atoms with van der Waals surface area (Å²) in [4.78, 5) is 11.8. The zero-order valence-electron chi connectivity index (χ0n) is 9.27. The maximum atomic E-state index is 11.8. The minimum absolute atomic E-state index is 0.0744. The molecule has 0 heterocycles. The second-order valence-electron chi connectivity index (χ2n) is 3.77. The van der Waals surface area contributed by atoms with E-state index in [0.29, 0.717) is 16.9 Å². The van der Waals surface area contributed by atoms with Crippen LogP contribution in [0.4, 0.5) is 0 Å². The van der Waals surface area contributed by atoms with Crippen molar-refractivity contribution < 1.29 is 19.4 Å². The Morgan fingerprint density at radius 1 is 1.38 bits per heavy atom. The molecule has 2 rings (SSSR count). The van der Waals surface area contributed by atoms with E-state index in [1.807, 2.05) is 0 Å². The highest BCUT2D eigenvalue weighted by atomic mass is 16.5. The first-order valence-electron chi connectivity index (χ1n) is 5.10. The van der Waals surface area contributed by atoms with Crippen molar-refractivity contribution in [2.24, 2.45) is 0 Å². The number of hydrogen-bond acceptors (Lipinski definition) is 4. The summed E-state index contributed by atoms with van der Waals surface area (Å²) in [5, 5.41) is 9.80. The second kappa shape index (κ2) is 4.23. The van der Waals surface area contributed by atoms with Crippen molar-refractivity contribution in [3.05, 3.63) is 29.3 Å². The van der Waals surface area contributed by atoms with Crippen molar-refractivity contribution >= 4 is 5.78 Å². The molecular weight excluding hydrogens is 208 g/mol. The van der Waals surface area contributed by atoms with Crippen molar-refractivity contribution in [3.63, 3.8) is 0 Å². The topological polar surface area (TPSA) is 55.8 Å². The number of ether oxygens (including phenoxy) is 2. The van der Waals surface area contributed by atoms with Gasteiger partial charge in [-0.15, -0.1) is 0 Å². The summed E-state index contributed by atoms with van der Waals surface area (Å²) in [7, 11) is 3.05. The number of carbonyl (C=O) groups is 1. The molecule has 4 nitrogen and oxygen atoms in total. The van der Waals surface area contributed by atoms with Gasteiger partial charge in [0.05, 0.1) is 13.2 Å². The Morgan fingerprint density at radius 2 is 2.12 bits per heavy atom. The number of carbonyl (C=O) groups excluding carboxylic acids is 1. The Labute approximate surface area is 93.8 Å². The number of fused-ring (bicyclic) bond motifs is 1. The molecule has 1 aliphatic rings. The van der Waals surface area contributed by atoms with Gasteiger partial charge in [0.25, 0.3) is 0 Å². The predicted octanol–water partition coefficient (Wildman–Crippen LogP) is 1.33. The lowest BCUT2D eigenvalue weighted by molar-refractivity contribution is -0.0204. The summed E-state index contributed by atoms with van der Waals surface area (Å²) in [5.41, 5.74) is 1.23. The van der Waals surface area contributed by atoms with E-state index >= 15 is 0 Å². The van der Waals surface area contributed by atoms with Crippen LogP contribution in [0.25, 0.3) is 0 Å². The molecule has 0 amide bonds. The fourth-order valence-electron chi connectivity index (χ4n) is 2.13. The van der Waals surface area contributed by atoms with Crippen LogP contribution in [0.2, 0.25) is 0 Å². The number of benzene rings is 1. The number of aliphatic hydroxyl groups is 1. The van der Waals surface area contributed by atoms with Gasteiger partial charge >= 0.3 is 0 Å². The van der Waals surface area contributed by atoms with Crippen LogP contribution in [0.5, 0.6) is 5.75 Å². The van der Waals surface area contributed by atoms with E-state index < -0.39 is 12.2 Å². The van der Waals surface area contributed by atoms with Gasteiger partial charge in [-0.05, 0) is 6.07 Å². The van der Waals surface area contributed by atoms with Crippen molar-refractivity contribution in [3.8, 4) is 5.75 Å². The number of ketones is 1. The third-order valence-electron chi connectivity index (χ3n) is 2.87. The number of rotatable bonds is 2. The molecule has 0 unspecified atom stereocenters. The SMILES string of the molecule is COc1cccc2c1[C@@H](OC)[C@H](O)CC2=O. The highest BCUT2D eigenvalue weighted by Crippen LogP contribution is 2.38. The summed E-state index contributed by atoms with van der Waals surface area (Å²) in [6, 6.07) is 5.26. The molecule has 0 fully saturated rings. The van der Waals surface area contributed by atoms with E-state index in [2.05, 4.69) is 0 Å². The first-order chi connectivity index (χ1) is 7.69. The highest BCUT2D eigenvalue weighted by Gasteiger charge is 2.35. The van der Waals surface area contributed by atoms with Gasteiger partial charge in [0.15, 0.2) is 5.78 Å². The van der Waals surface area contributed by atoms with Gasteiger partial charge in [-0.25, -0.2) is 0 Å². The lowest BCUT2D eigenvalue weighted by atomic mass is 9.86. The van der Waals surface area contributed by atoms with Gasteiger partial charge in [0.1, 0.15) is 11.9 Å². The maximum Gasteiger partial charge on any atom is 0.166 e. The zero-order valence-corrected chi connectivity index (χ0v) is 9.27. The van der Waals surface area contributed by atoms with Crippen LogP contribution in [0, 0.1) is 0 Å². The third-order valence-corrected chi connectivity index (χ3v) is 2.87. The molecule has 0 aromatic heterocycles. The van der Waals surface area contributed by atoms with E-state index in [-0.39, 0.29) is 12.2 Å². The van der Waals surface area contributed by atoms with Gasteiger partial charge < -0.3 is 14.6 Å². The number of hydrogen-bond donors (Lipinski definition) is 1. The Balaban J connectivity index is 2.59. The van der Waals surface area contributed by atoms with E-state index in [0.717, 1.165) is 0 Å². The highest BCUT2D eigenvalue weighted by molar-refractivity contribution is 5.99. The molecule has 0 saturated carbocycles. The predicted molar refractivity (Wildman–Crippen MR) is 57.7 cm³/mol. The van der Waals surface area contributed by atoms with Gasteiger partial charge in [-0.3, -0.25) is 4.79 Å². The molecule has 1 aromatic carbocycles. The zero-order chi connectivity index (χ0) is 11.7. The normalized spacial score (nSPS) is 24.1. The van der Waals surface area contributed by atoms with Crippen LogP contribution in [-0.4, -0.2) is 31.2 Å². The van der Waals surface area contributed by atoms with Crippen LogP contribution in [0.15, 0.2) is 18.2 Å². The molecule has 1 aliphatic carbocycles.